The van der Waals surface area contributed by atoms with E-state index < -0.39 is 0 Å². The summed E-state index contributed by atoms with van der Waals surface area (Å²) in [5, 5.41) is 0. The van der Waals surface area contributed by atoms with Gasteiger partial charge in [0.25, 0.3) is 0 Å². The fourth-order valence-corrected chi connectivity index (χ4v) is 1.93. The van der Waals surface area contributed by atoms with Crippen molar-refractivity contribution < 1.29 is 14.3 Å². The van der Waals surface area contributed by atoms with E-state index in [1.807, 2.05) is 61.5 Å². The van der Waals surface area contributed by atoms with E-state index in [-0.39, 0.29) is 11.9 Å². The first-order valence-electron chi connectivity index (χ1n) is 7.17. The predicted octanol–water partition coefficient (Wildman–Crippen LogP) is 4.54. The molecule has 2 aromatic carbocycles. The van der Waals surface area contributed by atoms with E-state index in [4.69, 9.17) is 9.47 Å². The van der Waals surface area contributed by atoms with Gasteiger partial charge >= 0.3 is 5.97 Å². The van der Waals surface area contributed by atoms with E-state index in [9.17, 15) is 4.79 Å². The summed E-state index contributed by atoms with van der Waals surface area (Å²) in [5.41, 5.74) is 1.09. The maximum atomic E-state index is 11.2. The number of rotatable bonds is 6. The summed E-state index contributed by atoms with van der Waals surface area (Å²) in [6.07, 6.45) is 0.407. The van der Waals surface area contributed by atoms with Gasteiger partial charge in [0.2, 0.25) is 0 Å². The van der Waals surface area contributed by atoms with Crippen LogP contribution in [0.3, 0.4) is 0 Å². The summed E-state index contributed by atoms with van der Waals surface area (Å²) >= 11 is 0. The first-order chi connectivity index (χ1) is 10.2. The zero-order chi connectivity index (χ0) is 15.1. The molecule has 2 rings (SSSR count). The smallest absolute Gasteiger partial charge is 0.305 e. The molecule has 0 heterocycles. The van der Waals surface area contributed by atoms with E-state index in [2.05, 4.69) is 0 Å². The SMILES string of the molecule is CCC(=O)OCC(C)c1cccc(Oc2ccccc2)c1. The third-order valence-electron chi connectivity index (χ3n) is 3.19. The minimum atomic E-state index is -0.168. The van der Waals surface area contributed by atoms with Gasteiger partial charge < -0.3 is 9.47 Å². The molecule has 0 fully saturated rings. The van der Waals surface area contributed by atoms with Crippen molar-refractivity contribution in [3.63, 3.8) is 0 Å². The monoisotopic (exact) mass is 284 g/mol. The normalized spacial score (nSPS) is 11.7. The summed E-state index contributed by atoms with van der Waals surface area (Å²) < 4.78 is 11.0. The van der Waals surface area contributed by atoms with Gasteiger partial charge in [-0.25, -0.2) is 0 Å². The Morgan fingerprint density at radius 3 is 2.48 bits per heavy atom. The Hall–Kier alpha value is -2.29. The molecule has 0 aromatic heterocycles. The van der Waals surface area contributed by atoms with Crippen LogP contribution < -0.4 is 4.74 Å². The van der Waals surface area contributed by atoms with Crippen molar-refractivity contribution >= 4 is 5.97 Å². The Bertz CT molecular complexity index is 578. The third-order valence-corrected chi connectivity index (χ3v) is 3.19. The van der Waals surface area contributed by atoms with Crippen LogP contribution in [-0.2, 0) is 9.53 Å². The molecule has 0 saturated heterocycles. The van der Waals surface area contributed by atoms with E-state index >= 15 is 0 Å². The summed E-state index contributed by atoms with van der Waals surface area (Å²) in [5.74, 6) is 1.56. The fraction of sp³-hybridized carbons (Fsp3) is 0.278. The van der Waals surface area contributed by atoms with Gasteiger partial charge in [0, 0.05) is 12.3 Å². The number of hydrogen-bond donors (Lipinski definition) is 0. The maximum absolute atomic E-state index is 11.2. The molecule has 110 valence electrons. The standard InChI is InChI=1S/C18H20O3/c1-3-18(19)20-13-14(2)15-8-7-11-17(12-15)21-16-9-5-4-6-10-16/h4-12,14H,3,13H2,1-2H3. The first-order valence-corrected chi connectivity index (χ1v) is 7.17. The van der Waals surface area contributed by atoms with Crippen molar-refractivity contribution in [2.75, 3.05) is 6.61 Å². The van der Waals surface area contributed by atoms with Gasteiger partial charge in [-0.05, 0) is 29.8 Å². The Balaban J connectivity index is 2.01. The summed E-state index contributed by atoms with van der Waals surface area (Å²) in [6.45, 7) is 4.22. The van der Waals surface area contributed by atoms with Gasteiger partial charge in [-0.2, -0.15) is 0 Å². The van der Waals surface area contributed by atoms with E-state index in [1.54, 1.807) is 6.92 Å². The maximum Gasteiger partial charge on any atom is 0.305 e. The van der Waals surface area contributed by atoms with Crippen molar-refractivity contribution in [1.82, 2.24) is 0 Å². The van der Waals surface area contributed by atoms with Crippen molar-refractivity contribution in [2.24, 2.45) is 0 Å². The lowest BCUT2D eigenvalue weighted by atomic mass is 10.0. The second-order valence-corrected chi connectivity index (χ2v) is 4.93. The zero-order valence-corrected chi connectivity index (χ0v) is 12.4. The van der Waals surface area contributed by atoms with Crippen LogP contribution in [0.1, 0.15) is 31.7 Å². The van der Waals surface area contributed by atoms with Crippen molar-refractivity contribution in [1.29, 1.82) is 0 Å². The van der Waals surface area contributed by atoms with Gasteiger partial charge in [0.05, 0.1) is 6.61 Å². The van der Waals surface area contributed by atoms with Crippen LogP contribution in [0.5, 0.6) is 11.5 Å². The Labute approximate surface area is 125 Å². The van der Waals surface area contributed by atoms with Crippen LogP contribution in [-0.4, -0.2) is 12.6 Å². The summed E-state index contributed by atoms with van der Waals surface area (Å²) in [6, 6.07) is 17.5. The van der Waals surface area contributed by atoms with E-state index in [0.29, 0.717) is 13.0 Å². The van der Waals surface area contributed by atoms with Crippen LogP contribution in [0.15, 0.2) is 54.6 Å². The second kappa shape index (κ2) is 7.48. The number of para-hydroxylation sites is 1. The second-order valence-electron chi connectivity index (χ2n) is 4.93. The highest BCUT2D eigenvalue weighted by molar-refractivity contribution is 5.68. The molecule has 0 aliphatic carbocycles. The highest BCUT2D eigenvalue weighted by atomic mass is 16.5. The zero-order valence-electron chi connectivity index (χ0n) is 12.4. The highest BCUT2D eigenvalue weighted by Crippen LogP contribution is 2.25. The average molecular weight is 284 g/mol. The fourth-order valence-electron chi connectivity index (χ4n) is 1.93. The van der Waals surface area contributed by atoms with Gasteiger partial charge in [-0.3, -0.25) is 4.79 Å². The first kappa shape index (κ1) is 15.1. The minimum absolute atomic E-state index is 0.139. The molecular formula is C18H20O3. The van der Waals surface area contributed by atoms with Gasteiger partial charge in [0.15, 0.2) is 0 Å². The predicted molar refractivity (Wildman–Crippen MR) is 82.6 cm³/mol. The molecule has 0 bridgehead atoms. The quantitative estimate of drug-likeness (QED) is 0.731. The molecular weight excluding hydrogens is 264 g/mol. The molecule has 0 aliphatic heterocycles. The van der Waals surface area contributed by atoms with Crippen molar-refractivity contribution in [3.8, 4) is 11.5 Å². The van der Waals surface area contributed by atoms with Gasteiger partial charge in [-0.1, -0.05) is 44.2 Å². The summed E-state index contributed by atoms with van der Waals surface area (Å²) in [4.78, 5) is 11.2. The van der Waals surface area contributed by atoms with Crippen LogP contribution in [0.4, 0.5) is 0 Å². The van der Waals surface area contributed by atoms with Crippen LogP contribution in [0, 0.1) is 0 Å². The van der Waals surface area contributed by atoms with Crippen LogP contribution >= 0.6 is 0 Å². The molecule has 1 atom stereocenters. The van der Waals surface area contributed by atoms with Crippen LogP contribution in [0.25, 0.3) is 0 Å². The number of benzene rings is 2. The Morgan fingerprint density at radius 2 is 1.76 bits per heavy atom. The Morgan fingerprint density at radius 1 is 1.05 bits per heavy atom. The Kier molecular flexibility index (Phi) is 5.38. The molecule has 0 N–H and O–H groups in total. The largest absolute Gasteiger partial charge is 0.465 e. The number of esters is 1. The average Bonchev–Trinajstić information content (AvgIpc) is 2.53. The van der Waals surface area contributed by atoms with Gasteiger partial charge in [0.1, 0.15) is 11.5 Å². The molecule has 2 aromatic rings. The molecule has 0 spiro atoms. The lowest BCUT2D eigenvalue weighted by Gasteiger charge is -2.14. The van der Waals surface area contributed by atoms with E-state index in [0.717, 1.165) is 17.1 Å². The highest BCUT2D eigenvalue weighted by Gasteiger charge is 2.09. The summed E-state index contributed by atoms with van der Waals surface area (Å²) in [7, 11) is 0. The van der Waals surface area contributed by atoms with Crippen molar-refractivity contribution in [3.05, 3.63) is 60.2 Å². The molecule has 1 unspecified atom stereocenters. The van der Waals surface area contributed by atoms with Crippen molar-refractivity contribution in [2.45, 2.75) is 26.2 Å². The third kappa shape index (κ3) is 4.63. The topological polar surface area (TPSA) is 35.5 Å². The molecule has 0 amide bonds. The molecule has 21 heavy (non-hydrogen) atoms. The molecule has 3 heteroatoms. The number of ether oxygens (including phenoxy) is 2. The molecule has 3 nitrogen and oxygen atoms in total. The number of carbonyl (C=O) groups is 1. The van der Waals surface area contributed by atoms with Gasteiger partial charge in [-0.15, -0.1) is 0 Å². The van der Waals surface area contributed by atoms with Crippen LogP contribution in [0.2, 0.25) is 0 Å². The molecule has 0 radical (unpaired) electrons. The minimum Gasteiger partial charge on any atom is -0.465 e. The number of carbonyl (C=O) groups excluding carboxylic acids is 1. The lowest BCUT2D eigenvalue weighted by molar-refractivity contribution is -0.143. The molecule has 0 aliphatic rings. The van der Waals surface area contributed by atoms with E-state index in [1.165, 1.54) is 0 Å². The molecule has 0 saturated carbocycles. The lowest BCUT2D eigenvalue weighted by Crippen LogP contribution is -2.09. The number of hydrogen-bond acceptors (Lipinski definition) is 3.